The van der Waals surface area contributed by atoms with Crippen molar-refractivity contribution in [1.29, 1.82) is 0 Å². The van der Waals surface area contributed by atoms with Crippen molar-refractivity contribution in [3.63, 3.8) is 0 Å². The first kappa shape index (κ1) is 72.9. The van der Waals surface area contributed by atoms with E-state index in [-0.39, 0.29) is 94.0 Å². The SMILES string of the molecule is [Cl-].[Cl-].[Cl-].[Cl-].[Pd+2].[SnH2+2]. The van der Waals surface area contributed by atoms with Crippen molar-refractivity contribution in [1.82, 2.24) is 0 Å². The van der Waals surface area contributed by atoms with Crippen LogP contribution in [0.4, 0.5) is 0 Å². The van der Waals surface area contributed by atoms with Gasteiger partial charge in [0.05, 0.1) is 0 Å². The Bertz CT molecular complexity index is 7.51. The zero-order chi connectivity index (χ0) is 0. The van der Waals surface area contributed by atoms with Gasteiger partial charge in [-0.25, -0.2) is 0 Å². The van der Waals surface area contributed by atoms with Crippen molar-refractivity contribution < 1.29 is 70.1 Å². The number of rotatable bonds is 0. The Hall–Kier alpha value is 2.62. The molecule has 6 heteroatoms. The van der Waals surface area contributed by atoms with E-state index >= 15 is 0 Å². The molecule has 0 fully saturated rings. The van der Waals surface area contributed by atoms with E-state index in [1.165, 1.54) is 0 Å². The summed E-state index contributed by atoms with van der Waals surface area (Å²) in [6.07, 6.45) is 0. The molecule has 44 valence electrons. The first-order chi connectivity index (χ1) is 0. The van der Waals surface area contributed by atoms with Crippen LogP contribution in [0.3, 0.4) is 0 Å². The predicted molar refractivity (Wildman–Crippen MR) is 8.54 cm³/mol. The molecule has 0 spiro atoms. The van der Waals surface area contributed by atoms with Crippen molar-refractivity contribution in [3.8, 4) is 0 Å². The standard InChI is InChI=1S/4ClH.Pd.Sn.2H/h4*1H;;;;/q;;;;2*+2;;/p-4. The molecule has 0 aromatic heterocycles. The van der Waals surface area contributed by atoms with Crippen molar-refractivity contribution in [3.05, 3.63) is 0 Å². The first-order valence-corrected chi connectivity index (χ1v) is 0. The third kappa shape index (κ3) is 30.5. The second-order valence-corrected chi connectivity index (χ2v) is 0. The Morgan fingerprint density at radius 1 is 0.500 bits per heavy atom. The van der Waals surface area contributed by atoms with Gasteiger partial charge in [0.15, 0.2) is 0 Å². The third-order valence-corrected chi connectivity index (χ3v) is 0. The monoisotopic (exact) mass is 368 g/mol. The quantitative estimate of drug-likeness (QED) is 0.373. The summed E-state index contributed by atoms with van der Waals surface area (Å²) in [6, 6.07) is 0. The first-order valence-electron chi connectivity index (χ1n) is 0. The topological polar surface area (TPSA) is 0 Å². The van der Waals surface area contributed by atoms with E-state index in [0.29, 0.717) is 0 Å². The molecule has 0 aromatic carbocycles. The summed E-state index contributed by atoms with van der Waals surface area (Å²) in [5.74, 6) is 0. The maximum absolute atomic E-state index is 0. The molecule has 0 aliphatic rings. The third-order valence-electron chi connectivity index (χ3n) is 0. The second kappa shape index (κ2) is 48.6. The molecule has 0 saturated heterocycles. The molecule has 0 heterocycles. The Labute approximate surface area is 92.8 Å². The molecule has 0 aromatic rings. The van der Waals surface area contributed by atoms with E-state index in [1.807, 2.05) is 0 Å². The van der Waals surface area contributed by atoms with Gasteiger partial charge in [-0.15, -0.1) is 0 Å². The van der Waals surface area contributed by atoms with Crippen molar-refractivity contribution in [2.45, 2.75) is 0 Å². The fraction of sp³-hybridized carbons (Fsp3) is 0. The van der Waals surface area contributed by atoms with Gasteiger partial charge >= 0.3 is 44.3 Å². The van der Waals surface area contributed by atoms with E-state index in [4.69, 9.17) is 0 Å². The predicted octanol–water partition coefficient (Wildman–Crippen LogP) is -12.9. The van der Waals surface area contributed by atoms with Crippen LogP contribution in [0.15, 0.2) is 0 Å². The molecule has 0 unspecified atom stereocenters. The van der Waals surface area contributed by atoms with Crippen molar-refractivity contribution in [2.75, 3.05) is 0 Å². The van der Waals surface area contributed by atoms with Crippen LogP contribution in [0.5, 0.6) is 0 Å². The molecule has 0 aliphatic heterocycles. The van der Waals surface area contributed by atoms with Crippen molar-refractivity contribution >= 4 is 23.9 Å². The van der Waals surface area contributed by atoms with Gasteiger partial charge in [0, 0.05) is 0 Å². The summed E-state index contributed by atoms with van der Waals surface area (Å²) in [5, 5.41) is 0. The van der Waals surface area contributed by atoms with Crippen LogP contribution in [-0.4, -0.2) is 23.9 Å². The summed E-state index contributed by atoms with van der Waals surface area (Å²) in [4.78, 5) is 0. The number of hydrogen-bond acceptors (Lipinski definition) is 0. The summed E-state index contributed by atoms with van der Waals surface area (Å²) >= 11 is 0. The van der Waals surface area contributed by atoms with Crippen LogP contribution in [0, 0.1) is 0 Å². The average Bonchev–Trinajstić information content (AvgIpc) is 0. The fourth-order valence-electron chi connectivity index (χ4n) is 0. The average molecular weight is 369 g/mol. The molecule has 0 rings (SSSR count). The minimum absolute atomic E-state index is 0. The molecule has 0 atom stereocenters. The summed E-state index contributed by atoms with van der Waals surface area (Å²) in [5.41, 5.74) is 0. The molecule has 6 heavy (non-hydrogen) atoms. The van der Waals surface area contributed by atoms with Crippen LogP contribution in [0.25, 0.3) is 0 Å². The van der Waals surface area contributed by atoms with Crippen LogP contribution >= 0.6 is 0 Å². The van der Waals surface area contributed by atoms with Gasteiger partial charge < -0.3 is 49.6 Å². The van der Waals surface area contributed by atoms with Gasteiger partial charge in [-0.1, -0.05) is 0 Å². The second-order valence-electron chi connectivity index (χ2n) is 0. The Kier molecular flexibility index (Phi) is 591. The summed E-state index contributed by atoms with van der Waals surface area (Å²) in [6.45, 7) is 0. The zero-order valence-electron chi connectivity index (χ0n) is 2.54. The Morgan fingerprint density at radius 3 is 0.500 bits per heavy atom. The normalized spacial score (nSPS) is 0. The molecule has 0 radical (unpaired) electrons. The summed E-state index contributed by atoms with van der Waals surface area (Å²) in [7, 11) is 0. The molecule has 0 amide bonds. The van der Waals surface area contributed by atoms with E-state index in [2.05, 4.69) is 0 Å². The molecule has 0 N–H and O–H groups in total. The molecule has 0 bridgehead atoms. The van der Waals surface area contributed by atoms with E-state index in [0.717, 1.165) is 0 Å². The Balaban J connectivity index is 0. The molecular formula is H2Cl4PdSn. The van der Waals surface area contributed by atoms with Gasteiger partial charge in [0.2, 0.25) is 0 Å². The van der Waals surface area contributed by atoms with Crippen molar-refractivity contribution in [2.24, 2.45) is 0 Å². The van der Waals surface area contributed by atoms with Crippen LogP contribution < -0.4 is 49.6 Å². The summed E-state index contributed by atoms with van der Waals surface area (Å²) < 4.78 is 0. The van der Waals surface area contributed by atoms with Gasteiger partial charge in [-0.2, -0.15) is 0 Å². The van der Waals surface area contributed by atoms with E-state index < -0.39 is 0 Å². The van der Waals surface area contributed by atoms with Gasteiger partial charge in [-0.05, 0) is 0 Å². The Morgan fingerprint density at radius 2 is 0.500 bits per heavy atom. The van der Waals surface area contributed by atoms with E-state index in [9.17, 15) is 0 Å². The minimum atomic E-state index is 0. The number of hydrogen-bond donors (Lipinski definition) is 0. The number of halogens is 4. The zero-order valence-corrected chi connectivity index (χ0v) is 11.1. The van der Waals surface area contributed by atoms with Crippen LogP contribution in [0.1, 0.15) is 0 Å². The molecule has 0 nitrogen and oxygen atoms in total. The molecular weight excluding hydrogens is 367 g/mol. The fourth-order valence-corrected chi connectivity index (χ4v) is 0. The molecule has 0 saturated carbocycles. The molecule has 0 aliphatic carbocycles. The van der Waals surface area contributed by atoms with Gasteiger partial charge in [-0.3, -0.25) is 0 Å². The van der Waals surface area contributed by atoms with E-state index in [1.54, 1.807) is 0 Å². The van der Waals surface area contributed by atoms with Crippen LogP contribution in [-0.2, 0) is 20.4 Å². The van der Waals surface area contributed by atoms with Gasteiger partial charge in [0.1, 0.15) is 0 Å². The maximum atomic E-state index is 0. The van der Waals surface area contributed by atoms with Crippen LogP contribution in [0.2, 0.25) is 0 Å². The van der Waals surface area contributed by atoms with Gasteiger partial charge in [0.25, 0.3) is 0 Å².